The van der Waals surface area contributed by atoms with Crippen LogP contribution >= 0.6 is 11.6 Å². The number of hydrogen-bond acceptors (Lipinski definition) is 4. The van der Waals surface area contributed by atoms with Crippen LogP contribution in [0.5, 0.6) is 0 Å². The van der Waals surface area contributed by atoms with E-state index in [0.717, 1.165) is 37.1 Å². The van der Waals surface area contributed by atoms with Crippen molar-refractivity contribution in [3.63, 3.8) is 0 Å². The molecule has 28 heavy (non-hydrogen) atoms. The molecule has 0 atom stereocenters. The van der Waals surface area contributed by atoms with Gasteiger partial charge in [-0.25, -0.2) is 14.8 Å². The molecule has 0 radical (unpaired) electrons. The highest BCUT2D eigenvalue weighted by Gasteiger charge is 2.50. The predicted molar refractivity (Wildman–Crippen MR) is 111 cm³/mol. The average molecular weight is 400 g/mol. The molecule has 2 heterocycles. The van der Waals surface area contributed by atoms with Crippen LogP contribution in [0.1, 0.15) is 36.9 Å². The van der Waals surface area contributed by atoms with E-state index in [9.17, 15) is 4.79 Å². The van der Waals surface area contributed by atoms with Crippen molar-refractivity contribution in [1.29, 1.82) is 0 Å². The van der Waals surface area contributed by atoms with E-state index in [4.69, 9.17) is 11.6 Å². The monoisotopic (exact) mass is 399 g/mol. The zero-order chi connectivity index (χ0) is 19.9. The largest absolute Gasteiger partial charge is 0.330 e. The number of hydrogen-bond donors (Lipinski definition) is 1. The lowest BCUT2D eigenvalue weighted by Gasteiger charge is -2.48. The maximum Gasteiger partial charge on any atom is 0.322 e. The third-order valence-corrected chi connectivity index (χ3v) is 6.68. The number of aryl methyl sites for hydroxylation is 1. The summed E-state index contributed by atoms with van der Waals surface area (Å²) in [6.07, 6.45) is 5.48. The summed E-state index contributed by atoms with van der Waals surface area (Å²) >= 11 is 5.88. The second-order valence-electron chi connectivity index (χ2n) is 8.20. The van der Waals surface area contributed by atoms with Gasteiger partial charge in [0.25, 0.3) is 0 Å². The van der Waals surface area contributed by atoms with Gasteiger partial charge in [0.05, 0.1) is 29.7 Å². The first-order valence-corrected chi connectivity index (χ1v) is 10.0. The highest BCUT2D eigenvalue weighted by Crippen LogP contribution is 2.46. The van der Waals surface area contributed by atoms with Gasteiger partial charge in [0.15, 0.2) is 0 Å². The number of rotatable bonds is 3. The van der Waals surface area contributed by atoms with Crippen molar-refractivity contribution < 1.29 is 4.79 Å². The standard InChI is InChI=1S/C21H26ClN5O/c1-15-17(13-23-18(22)24-15)27-14-20(25-19(27)28)9-11-21(12-10-20,26(2)3)16-7-5-4-6-8-16/h4-8,13H,9-12,14H2,1-3H3,(H,25,28)/t20-,21-. The van der Waals surface area contributed by atoms with Crippen molar-refractivity contribution in [3.8, 4) is 0 Å². The van der Waals surface area contributed by atoms with E-state index < -0.39 is 0 Å². The molecule has 1 N–H and O–H groups in total. The topological polar surface area (TPSA) is 61.4 Å². The van der Waals surface area contributed by atoms with E-state index in [1.165, 1.54) is 5.56 Å². The van der Waals surface area contributed by atoms with Gasteiger partial charge in [0.2, 0.25) is 5.28 Å². The molecule has 2 aromatic rings. The Hall–Kier alpha value is -2.18. The highest BCUT2D eigenvalue weighted by molar-refractivity contribution is 6.28. The van der Waals surface area contributed by atoms with Gasteiger partial charge in [0, 0.05) is 5.54 Å². The molecule has 1 aliphatic carbocycles. The lowest BCUT2D eigenvalue weighted by atomic mass is 9.69. The normalized spacial score (nSPS) is 27.5. The van der Waals surface area contributed by atoms with Crippen molar-refractivity contribution in [2.24, 2.45) is 0 Å². The van der Waals surface area contributed by atoms with Crippen LogP contribution in [0.25, 0.3) is 0 Å². The molecule has 1 aliphatic heterocycles. The molecular weight excluding hydrogens is 374 g/mol. The van der Waals surface area contributed by atoms with Crippen LogP contribution in [0.4, 0.5) is 10.5 Å². The number of carbonyl (C=O) groups is 1. The quantitative estimate of drug-likeness (QED) is 0.798. The van der Waals surface area contributed by atoms with E-state index in [-0.39, 0.29) is 22.4 Å². The van der Waals surface area contributed by atoms with Gasteiger partial charge in [-0.1, -0.05) is 30.3 Å². The van der Waals surface area contributed by atoms with E-state index >= 15 is 0 Å². The van der Waals surface area contributed by atoms with E-state index in [1.54, 1.807) is 11.1 Å². The minimum Gasteiger partial charge on any atom is -0.330 e. The number of nitrogens with zero attached hydrogens (tertiary/aromatic N) is 4. The Kier molecular flexibility index (Phi) is 4.79. The summed E-state index contributed by atoms with van der Waals surface area (Å²) < 4.78 is 0. The molecule has 0 unspecified atom stereocenters. The van der Waals surface area contributed by atoms with Crippen LogP contribution in [-0.2, 0) is 5.54 Å². The molecule has 1 aromatic heterocycles. The second-order valence-corrected chi connectivity index (χ2v) is 8.54. The third kappa shape index (κ3) is 3.14. The zero-order valence-electron chi connectivity index (χ0n) is 16.6. The Bertz CT molecular complexity index is 878. The van der Waals surface area contributed by atoms with Crippen LogP contribution < -0.4 is 10.2 Å². The fourth-order valence-electron chi connectivity index (χ4n) is 4.77. The van der Waals surface area contributed by atoms with Crippen LogP contribution in [0, 0.1) is 6.92 Å². The number of aromatic nitrogens is 2. The molecule has 6 nitrogen and oxygen atoms in total. The van der Waals surface area contributed by atoms with E-state index in [2.05, 4.69) is 64.6 Å². The average Bonchev–Trinajstić information content (AvgIpc) is 2.99. The van der Waals surface area contributed by atoms with Crippen molar-refractivity contribution >= 4 is 23.3 Å². The first-order chi connectivity index (χ1) is 13.4. The Morgan fingerprint density at radius 1 is 1.14 bits per heavy atom. The summed E-state index contributed by atoms with van der Waals surface area (Å²) in [6.45, 7) is 2.49. The van der Waals surface area contributed by atoms with Gasteiger partial charge in [-0.05, 0) is 63.9 Å². The fraction of sp³-hybridized carbons (Fsp3) is 0.476. The number of benzene rings is 1. The molecule has 1 spiro atoms. The number of amides is 2. The number of anilines is 1. The van der Waals surface area contributed by atoms with E-state index in [0.29, 0.717) is 6.54 Å². The van der Waals surface area contributed by atoms with Crippen LogP contribution in [0.15, 0.2) is 36.5 Å². The maximum absolute atomic E-state index is 12.8. The van der Waals surface area contributed by atoms with Gasteiger partial charge in [-0.2, -0.15) is 0 Å². The minimum atomic E-state index is -0.211. The molecule has 1 aromatic carbocycles. The molecule has 0 bridgehead atoms. The minimum absolute atomic E-state index is 0.00393. The first-order valence-electron chi connectivity index (χ1n) is 9.67. The van der Waals surface area contributed by atoms with Gasteiger partial charge in [-0.15, -0.1) is 0 Å². The Balaban J connectivity index is 1.56. The number of carbonyl (C=O) groups excluding carboxylic acids is 1. The Labute approximate surface area is 170 Å². The summed E-state index contributed by atoms with van der Waals surface area (Å²) in [6, 6.07) is 10.6. The van der Waals surface area contributed by atoms with Crippen LogP contribution in [0.2, 0.25) is 5.28 Å². The summed E-state index contributed by atoms with van der Waals surface area (Å²) in [7, 11) is 4.30. The van der Waals surface area contributed by atoms with Crippen molar-refractivity contribution in [2.75, 3.05) is 25.5 Å². The molecule has 148 valence electrons. The van der Waals surface area contributed by atoms with E-state index in [1.807, 2.05) is 6.92 Å². The first kappa shape index (κ1) is 19.2. The van der Waals surface area contributed by atoms with Gasteiger partial charge in [0.1, 0.15) is 0 Å². The summed E-state index contributed by atoms with van der Waals surface area (Å²) in [5.41, 5.74) is 2.58. The van der Waals surface area contributed by atoms with Gasteiger partial charge >= 0.3 is 6.03 Å². The molecule has 1 saturated heterocycles. The molecular formula is C21H26ClN5O. The van der Waals surface area contributed by atoms with Crippen molar-refractivity contribution in [2.45, 2.75) is 43.7 Å². The fourth-order valence-corrected chi connectivity index (χ4v) is 4.94. The van der Waals surface area contributed by atoms with Gasteiger partial charge < -0.3 is 5.32 Å². The number of halogens is 1. The SMILES string of the molecule is Cc1nc(Cl)ncc1N1C[C@]2(CC[C@@](c3ccccc3)(N(C)C)CC2)NC1=O. The molecule has 2 fully saturated rings. The zero-order valence-corrected chi connectivity index (χ0v) is 17.3. The Morgan fingerprint density at radius 2 is 1.82 bits per heavy atom. The second kappa shape index (κ2) is 7.01. The maximum atomic E-state index is 12.8. The summed E-state index contributed by atoms with van der Waals surface area (Å²) in [5.74, 6) is 0. The molecule has 1 saturated carbocycles. The highest BCUT2D eigenvalue weighted by atomic mass is 35.5. The molecule has 7 heteroatoms. The smallest absolute Gasteiger partial charge is 0.322 e. The van der Waals surface area contributed by atoms with Crippen LogP contribution in [-0.4, -0.2) is 47.1 Å². The number of urea groups is 1. The summed E-state index contributed by atoms with van der Waals surface area (Å²) in [5, 5.41) is 3.47. The molecule has 2 amide bonds. The lowest BCUT2D eigenvalue weighted by molar-refractivity contribution is 0.0658. The summed E-state index contributed by atoms with van der Waals surface area (Å²) in [4.78, 5) is 25.1. The van der Waals surface area contributed by atoms with Crippen LogP contribution in [0.3, 0.4) is 0 Å². The third-order valence-electron chi connectivity index (χ3n) is 6.49. The Morgan fingerprint density at radius 3 is 2.43 bits per heavy atom. The van der Waals surface area contributed by atoms with Crippen molar-refractivity contribution in [1.82, 2.24) is 20.2 Å². The predicted octanol–water partition coefficient (Wildman–Crippen LogP) is 3.74. The van der Waals surface area contributed by atoms with Crippen molar-refractivity contribution in [3.05, 3.63) is 53.1 Å². The van der Waals surface area contributed by atoms with Gasteiger partial charge in [-0.3, -0.25) is 9.80 Å². The molecule has 2 aliphatic rings. The molecule has 4 rings (SSSR count). The number of nitrogens with one attached hydrogen (secondary N) is 1. The lowest BCUT2D eigenvalue weighted by Crippen LogP contribution is -2.54.